The number of esters is 1. The van der Waals surface area contributed by atoms with Gasteiger partial charge in [0.1, 0.15) is 18.1 Å². The zero-order chi connectivity index (χ0) is 26.2. The monoisotopic (exact) mass is 487 g/mol. The van der Waals surface area contributed by atoms with E-state index in [1.807, 2.05) is 0 Å². The van der Waals surface area contributed by atoms with Crippen LogP contribution in [0.2, 0.25) is 0 Å². The summed E-state index contributed by atoms with van der Waals surface area (Å²) in [5, 5.41) is 36.0. The topological polar surface area (TPSA) is 195 Å². The Balaban J connectivity index is 2.69. The summed E-state index contributed by atoms with van der Waals surface area (Å²) < 4.78 is 4.45. The highest BCUT2D eigenvalue weighted by Crippen LogP contribution is 2.20. The Morgan fingerprint density at radius 3 is 2.12 bits per heavy atom. The largest absolute Gasteiger partial charge is 0.558 e. The third-order valence-electron chi connectivity index (χ3n) is 5.63. The third kappa shape index (κ3) is 8.58. The summed E-state index contributed by atoms with van der Waals surface area (Å²) in [5.74, 6) is -4.68. The summed E-state index contributed by atoms with van der Waals surface area (Å²) in [7, 11) is 1.20. The van der Waals surface area contributed by atoms with Crippen molar-refractivity contribution in [3.05, 3.63) is 0 Å². The summed E-state index contributed by atoms with van der Waals surface area (Å²) >= 11 is 0. The molecule has 0 unspecified atom stereocenters. The lowest BCUT2D eigenvalue weighted by molar-refractivity contribution is -0.142. The van der Waals surface area contributed by atoms with Gasteiger partial charge in [-0.2, -0.15) is 0 Å². The van der Waals surface area contributed by atoms with Crippen LogP contribution in [0.5, 0.6) is 0 Å². The second-order valence-corrected chi connectivity index (χ2v) is 8.86. The van der Waals surface area contributed by atoms with Gasteiger partial charge < -0.3 is 40.7 Å². The molecule has 4 atom stereocenters. The van der Waals surface area contributed by atoms with E-state index >= 15 is 0 Å². The van der Waals surface area contributed by atoms with E-state index in [-0.39, 0.29) is 19.4 Å². The molecule has 34 heavy (non-hydrogen) atoms. The van der Waals surface area contributed by atoms with Crippen molar-refractivity contribution in [2.75, 3.05) is 13.7 Å². The van der Waals surface area contributed by atoms with Gasteiger partial charge in [0.05, 0.1) is 13.5 Å². The first-order valence-electron chi connectivity index (χ1n) is 11.3. The Morgan fingerprint density at radius 1 is 0.971 bits per heavy atom. The molecule has 0 aliphatic carbocycles. The van der Waals surface area contributed by atoms with Crippen LogP contribution in [0.25, 0.3) is 0 Å². The zero-order valence-corrected chi connectivity index (χ0v) is 20.2. The van der Waals surface area contributed by atoms with Crippen molar-refractivity contribution in [1.82, 2.24) is 20.9 Å². The lowest BCUT2D eigenvalue weighted by atomic mass is 9.65. The van der Waals surface area contributed by atoms with Crippen LogP contribution in [0.1, 0.15) is 53.4 Å². The summed E-state index contributed by atoms with van der Waals surface area (Å²) in [6.45, 7) is 2.50. The van der Waals surface area contributed by atoms with Crippen LogP contribution in [0.4, 0.5) is 0 Å². The third-order valence-corrected chi connectivity index (χ3v) is 5.63. The fourth-order valence-electron chi connectivity index (χ4n) is 3.70. The number of methoxy groups -OCH3 is 1. The Bertz CT molecular complexity index is 772. The van der Waals surface area contributed by atoms with Crippen molar-refractivity contribution in [3.8, 4) is 0 Å². The van der Waals surface area contributed by atoms with Gasteiger partial charge in [0.25, 0.3) is 0 Å². The van der Waals surface area contributed by atoms with E-state index in [0.717, 1.165) is 0 Å². The van der Waals surface area contributed by atoms with E-state index in [4.69, 9.17) is 0 Å². The van der Waals surface area contributed by atoms with Gasteiger partial charge in [-0.05, 0) is 32.6 Å². The molecular weight excluding hydrogens is 451 g/mol. The van der Waals surface area contributed by atoms with E-state index < -0.39 is 66.3 Å². The first kappa shape index (κ1) is 29.3. The fraction of sp³-hybridized carbons (Fsp3) is 0.750. The van der Waals surface area contributed by atoms with Gasteiger partial charge in [-0.15, -0.1) is 0 Å². The average molecular weight is 487 g/mol. The van der Waals surface area contributed by atoms with Crippen LogP contribution in [0.3, 0.4) is 0 Å². The van der Waals surface area contributed by atoms with Crippen molar-refractivity contribution < 1.29 is 43.8 Å². The van der Waals surface area contributed by atoms with Crippen LogP contribution < -0.4 is 16.0 Å². The fourth-order valence-corrected chi connectivity index (χ4v) is 3.70. The lowest BCUT2D eigenvalue weighted by Crippen LogP contribution is -2.63. The summed E-state index contributed by atoms with van der Waals surface area (Å²) in [6.07, 6.45) is 0.570. The maximum absolute atomic E-state index is 12.9. The number of hydrogen-bond donors (Lipinski definition) is 6. The molecule has 6 N–H and O–H groups in total. The van der Waals surface area contributed by atoms with Crippen molar-refractivity contribution in [1.29, 1.82) is 0 Å². The molecule has 0 aromatic carbocycles. The van der Waals surface area contributed by atoms with E-state index in [2.05, 4.69) is 20.7 Å². The number of nitrogens with one attached hydrogen (secondary N) is 3. The second-order valence-electron chi connectivity index (χ2n) is 8.86. The maximum atomic E-state index is 12.9. The molecule has 4 amide bonds. The molecule has 0 saturated carbocycles. The number of carbonyl (C=O) groups excluding carboxylic acids is 5. The minimum atomic E-state index is -3.81. The normalized spacial score (nSPS) is 18.6. The lowest BCUT2D eigenvalue weighted by Gasteiger charge is -2.37. The molecule has 1 aliphatic heterocycles. The Labute approximate surface area is 198 Å². The van der Waals surface area contributed by atoms with Crippen molar-refractivity contribution in [3.63, 3.8) is 0 Å². The van der Waals surface area contributed by atoms with Gasteiger partial charge >= 0.3 is 12.7 Å². The summed E-state index contributed by atoms with van der Waals surface area (Å²) in [4.78, 5) is 62.3. The second kappa shape index (κ2) is 12.7. The Hall–Kier alpha value is -2.71. The number of carbonyl (C=O) groups is 5. The molecule has 1 aliphatic rings. The van der Waals surface area contributed by atoms with Crippen molar-refractivity contribution >= 4 is 36.4 Å². The standard InChI is InChI=1S/C20H36BN4O9/c1-11(2)17(21(31,32)33)24-19(29)14-7-6-10-25(14)20(30)13(4)23-18(28)12(3)22-15(26)8-9-16(27)34-5/h11-14,17,31-33H,6-10H2,1-5H3,(H,22,26)(H,23,28)(H,24,29)/q-1/t12-,13-,14-,17-/m0/s1. The van der Waals surface area contributed by atoms with E-state index in [1.165, 1.54) is 25.9 Å². The van der Waals surface area contributed by atoms with Crippen LogP contribution in [-0.2, 0) is 28.7 Å². The first-order valence-corrected chi connectivity index (χ1v) is 11.3. The van der Waals surface area contributed by atoms with Crippen LogP contribution in [0, 0.1) is 5.92 Å². The van der Waals surface area contributed by atoms with E-state index in [0.29, 0.717) is 12.8 Å². The van der Waals surface area contributed by atoms with Crippen LogP contribution in [-0.4, -0.2) is 94.0 Å². The van der Waals surface area contributed by atoms with E-state index in [1.54, 1.807) is 13.8 Å². The molecule has 0 spiro atoms. The van der Waals surface area contributed by atoms with E-state index in [9.17, 15) is 39.0 Å². The number of likely N-dealkylation sites (tertiary alicyclic amines) is 1. The minimum Gasteiger partial charge on any atom is -0.558 e. The molecule has 13 nitrogen and oxygen atoms in total. The smallest absolute Gasteiger partial charge is 0.393 e. The summed E-state index contributed by atoms with van der Waals surface area (Å²) in [6, 6.07) is -2.88. The van der Waals surface area contributed by atoms with Gasteiger partial charge in [0, 0.05) is 13.0 Å². The molecule has 1 heterocycles. The Morgan fingerprint density at radius 2 is 1.59 bits per heavy atom. The molecule has 194 valence electrons. The van der Waals surface area contributed by atoms with Gasteiger partial charge in [-0.1, -0.05) is 19.8 Å². The average Bonchev–Trinajstić information content (AvgIpc) is 3.23. The summed E-state index contributed by atoms with van der Waals surface area (Å²) in [5.41, 5.74) is 0. The number of ether oxygens (including phenoxy) is 1. The number of amides is 4. The van der Waals surface area contributed by atoms with Gasteiger partial charge in [0.15, 0.2) is 0 Å². The molecule has 1 rings (SSSR count). The Kier molecular flexibility index (Phi) is 10.9. The SMILES string of the molecule is COC(=O)CCC(=O)N[C@@H](C)C(=O)N[C@@H](C)C(=O)N1CCC[C@H]1C(=O)N[C@@H](C(C)C)[B-](O)(O)O. The maximum Gasteiger partial charge on any atom is 0.393 e. The van der Waals surface area contributed by atoms with Gasteiger partial charge in [-0.25, -0.2) is 0 Å². The van der Waals surface area contributed by atoms with Gasteiger partial charge in [-0.3, -0.25) is 24.0 Å². The highest BCUT2D eigenvalue weighted by Gasteiger charge is 2.39. The number of rotatable bonds is 11. The highest BCUT2D eigenvalue weighted by atomic mass is 16.6. The quantitative estimate of drug-likeness (QED) is 0.135. The predicted molar refractivity (Wildman–Crippen MR) is 120 cm³/mol. The molecule has 1 fully saturated rings. The molecule has 0 bridgehead atoms. The van der Waals surface area contributed by atoms with Crippen LogP contribution in [0.15, 0.2) is 0 Å². The number of hydrogen-bond acceptors (Lipinski definition) is 9. The molecule has 1 saturated heterocycles. The zero-order valence-electron chi connectivity index (χ0n) is 20.2. The van der Waals surface area contributed by atoms with Crippen molar-refractivity contribution in [2.24, 2.45) is 5.92 Å². The van der Waals surface area contributed by atoms with Crippen molar-refractivity contribution in [2.45, 2.75) is 77.4 Å². The molecular formula is C20H36BN4O9-. The molecule has 0 aromatic rings. The van der Waals surface area contributed by atoms with Crippen LogP contribution >= 0.6 is 0 Å². The highest BCUT2D eigenvalue weighted by molar-refractivity contribution is 6.58. The predicted octanol–water partition coefficient (Wildman–Crippen LogP) is -2.46. The first-order chi connectivity index (χ1) is 15.7. The van der Waals surface area contributed by atoms with Gasteiger partial charge in [0.2, 0.25) is 23.6 Å². The molecule has 0 aromatic heterocycles. The molecule has 0 radical (unpaired) electrons. The number of nitrogens with zero attached hydrogens (tertiary/aromatic N) is 1. The molecule has 14 heteroatoms. The minimum absolute atomic E-state index is 0.132.